The summed E-state index contributed by atoms with van der Waals surface area (Å²) in [5, 5.41) is 3.64. The van der Waals surface area contributed by atoms with Gasteiger partial charge in [0.05, 0.1) is 0 Å². The second kappa shape index (κ2) is 6.10. The Morgan fingerprint density at radius 3 is 2.71 bits per heavy atom. The first-order chi connectivity index (χ1) is 10.1. The molecule has 2 saturated heterocycles. The number of hydrogen-bond donors (Lipinski definition) is 1. The van der Waals surface area contributed by atoms with Crippen LogP contribution in [0.3, 0.4) is 0 Å². The van der Waals surface area contributed by atoms with Crippen LogP contribution in [-0.2, 0) is 0 Å². The molecule has 0 saturated carbocycles. The molecule has 1 aromatic carbocycles. The third kappa shape index (κ3) is 3.17. The molecule has 2 heteroatoms. The highest BCUT2D eigenvalue weighted by Crippen LogP contribution is 2.39. The first-order valence-corrected chi connectivity index (χ1v) is 8.62. The van der Waals surface area contributed by atoms with E-state index >= 15 is 0 Å². The molecule has 1 spiro atoms. The predicted molar refractivity (Wildman–Crippen MR) is 89.7 cm³/mol. The zero-order valence-electron chi connectivity index (χ0n) is 13.9. The number of benzene rings is 1. The molecule has 2 atom stereocenters. The van der Waals surface area contributed by atoms with Crippen molar-refractivity contribution >= 4 is 0 Å². The van der Waals surface area contributed by atoms with Crippen molar-refractivity contribution in [2.45, 2.75) is 52.5 Å². The highest BCUT2D eigenvalue weighted by atomic mass is 15.2. The summed E-state index contributed by atoms with van der Waals surface area (Å²) in [6.45, 7) is 11.8. The fourth-order valence-corrected chi connectivity index (χ4v) is 4.45. The zero-order valence-corrected chi connectivity index (χ0v) is 13.9. The smallest absolute Gasteiger partial charge is 0.0322 e. The van der Waals surface area contributed by atoms with E-state index in [0.29, 0.717) is 11.5 Å². The number of nitrogens with one attached hydrogen (secondary N) is 1. The molecule has 2 heterocycles. The van der Waals surface area contributed by atoms with Gasteiger partial charge in [-0.1, -0.05) is 23.8 Å². The van der Waals surface area contributed by atoms with Gasteiger partial charge in [0.1, 0.15) is 0 Å². The van der Waals surface area contributed by atoms with Crippen molar-refractivity contribution in [2.24, 2.45) is 5.41 Å². The molecule has 2 nitrogen and oxygen atoms in total. The predicted octanol–water partition coefficient (Wildman–Crippen LogP) is 3.83. The normalized spacial score (nSPS) is 28.7. The van der Waals surface area contributed by atoms with E-state index in [4.69, 9.17) is 0 Å². The number of aryl methyl sites for hydroxylation is 2. The summed E-state index contributed by atoms with van der Waals surface area (Å²) in [5.74, 6) is 0. The van der Waals surface area contributed by atoms with E-state index in [1.165, 1.54) is 68.6 Å². The van der Waals surface area contributed by atoms with Gasteiger partial charge in [-0.2, -0.15) is 0 Å². The van der Waals surface area contributed by atoms with Crippen LogP contribution in [0.5, 0.6) is 0 Å². The van der Waals surface area contributed by atoms with E-state index in [2.05, 4.69) is 49.2 Å². The molecule has 3 rings (SSSR count). The molecule has 21 heavy (non-hydrogen) atoms. The fraction of sp³-hybridized carbons (Fsp3) is 0.684. The van der Waals surface area contributed by atoms with E-state index in [1.807, 2.05) is 0 Å². The van der Waals surface area contributed by atoms with Crippen LogP contribution in [0, 0.1) is 19.3 Å². The van der Waals surface area contributed by atoms with Crippen molar-refractivity contribution in [2.75, 3.05) is 26.2 Å². The molecule has 2 aliphatic rings. The van der Waals surface area contributed by atoms with Crippen LogP contribution in [0.1, 0.15) is 55.3 Å². The van der Waals surface area contributed by atoms with Crippen LogP contribution in [0.25, 0.3) is 0 Å². The summed E-state index contributed by atoms with van der Waals surface area (Å²) >= 11 is 0. The standard InChI is InChI=1S/C19H30N2/c1-15-6-7-18(16(2)12-15)17(3)21-11-5-9-19(14-21)8-4-10-20-13-19/h6-7,12,17,20H,4-5,8-11,13-14H2,1-3H3. The number of hydrogen-bond acceptors (Lipinski definition) is 2. The van der Waals surface area contributed by atoms with Gasteiger partial charge in [-0.25, -0.2) is 0 Å². The average molecular weight is 286 g/mol. The molecule has 0 bridgehead atoms. The van der Waals surface area contributed by atoms with Gasteiger partial charge in [-0.05, 0) is 76.1 Å². The molecule has 0 aromatic heterocycles. The second-order valence-electron chi connectivity index (χ2n) is 7.39. The van der Waals surface area contributed by atoms with Gasteiger partial charge < -0.3 is 5.32 Å². The summed E-state index contributed by atoms with van der Waals surface area (Å²) in [4.78, 5) is 2.73. The van der Waals surface area contributed by atoms with Gasteiger partial charge in [-0.3, -0.25) is 4.90 Å². The minimum atomic E-state index is 0.545. The Labute approximate surface area is 129 Å². The van der Waals surface area contributed by atoms with Gasteiger partial charge >= 0.3 is 0 Å². The molecule has 2 fully saturated rings. The third-order valence-electron chi connectivity index (χ3n) is 5.67. The molecular weight excluding hydrogens is 256 g/mol. The van der Waals surface area contributed by atoms with Crippen molar-refractivity contribution in [3.8, 4) is 0 Å². The molecule has 0 amide bonds. The molecule has 1 aromatic rings. The molecular formula is C19H30N2. The maximum atomic E-state index is 3.64. The van der Waals surface area contributed by atoms with Crippen molar-refractivity contribution in [1.82, 2.24) is 10.2 Å². The zero-order chi connectivity index (χ0) is 14.9. The summed E-state index contributed by atoms with van der Waals surface area (Å²) < 4.78 is 0. The molecule has 116 valence electrons. The Kier molecular flexibility index (Phi) is 4.37. The quantitative estimate of drug-likeness (QED) is 0.889. The lowest BCUT2D eigenvalue weighted by atomic mass is 9.74. The first kappa shape index (κ1) is 15.1. The summed E-state index contributed by atoms with van der Waals surface area (Å²) in [7, 11) is 0. The Hall–Kier alpha value is -0.860. The monoisotopic (exact) mass is 286 g/mol. The summed E-state index contributed by atoms with van der Waals surface area (Å²) in [6, 6.07) is 7.48. The third-order valence-corrected chi connectivity index (χ3v) is 5.67. The van der Waals surface area contributed by atoms with Crippen molar-refractivity contribution in [3.05, 3.63) is 34.9 Å². The van der Waals surface area contributed by atoms with E-state index in [0.717, 1.165) is 0 Å². The molecule has 2 unspecified atom stereocenters. The Morgan fingerprint density at radius 1 is 1.19 bits per heavy atom. The first-order valence-electron chi connectivity index (χ1n) is 8.62. The molecule has 0 aliphatic carbocycles. The maximum absolute atomic E-state index is 3.64. The van der Waals surface area contributed by atoms with Crippen molar-refractivity contribution in [1.29, 1.82) is 0 Å². The fourth-order valence-electron chi connectivity index (χ4n) is 4.45. The van der Waals surface area contributed by atoms with Gasteiger partial charge in [0, 0.05) is 19.1 Å². The largest absolute Gasteiger partial charge is 0.316 e. The number of rotatable bonds is 2. The van der Waals surface area contributed by atoms with Crippen molar-refractivity contribution in [3.63, 3.8) is 0 Å². The van der Waals surface area contributed by atoms with Crippen LogP contribution in [-0.4, -0.2) is 31.1 Å². The van der Waals surface area contributed by atoms with Crippen LogP contribution >= 0.6 is 0 Å². The van der Waals surface area contributed by atoms with Crippen LogP contribution in [0.2, 0.25) is 0 Å². The Morgan fingerprint density at radius 2 is 2.00 bits per heavy atom. The van der Waals surface area contributed by atoms with Gasteiger partial charge in [-0.15, -0.1) is 0 Å². The van der Waals surface area contributed by atoms with E-state index in [-0.39, 0.29) is 0 Å². The highest BCUT2D eigenvalue weighted by Gasteiger charge is 2.38. The van der Waals surface area contributed by atoms with Crippen molar-refractivity contribution < 1.29 is 0 Å². The maximum Gasteiger partial charge on any atom is 0.0322 e. The lowest BCUT2D eigenvalue weighted by Crippen LogP contribution is -2.51. The average Bonchev–Trinajstić information content (AvgIpc) is 2.47. The summed E-state index contributed by atoms with van der Waals surface area (Å²) in [6.07, 6.45) is 5.54. The number of piperidine rings is 2. The topological polar surface area (TPSA) is 15.3 Å². The van der Waals surface area contributed by atoms with Crippen LogP contribution in [0.15, 0.2) is 18.2 Å². The molecule has 2 aliphatic heterocycles. The lowest BCUT2D eigenvalue weighted by Gasteiger charge is -2.47. The minimum Gasteiger partial charge on any atom is -0.316 e. The molecule has 0 radical (unpaired) electrons. The van der Waals surface area contributed by atoms with Gasteiger partial charge in [0.15, 0.2) is 0 Å². The highest BCUT2D eigenvalue weighted by molar-refractivity contribution is 5.32. The molecule has 1 N–H and O–H groups in total. The van der Waals surface area contributed by atoms with E-state index in [1.54, 1.807) is 0 Å². The second-order valence-corrected chi connectivity index (χ2v) is 7.39. The Balaban J connectivity index is 1.76. The van der Waals surface area contributed by atoms with Crippen LogP contribution in [0.4, 0.5) is 0 Å². The Bertz CT molecular complexity index is 483. The van der Waals surface area contributed by atoms with E-state index < -0.39 is 0 Å². The number of nitrogens with zero attached hydrogens (tertiary/aromatic N) is 1. The van der Waals surface area contributed by atoms with E-state index in [9.17, 15) is 0 Å². The minimum absolute atomic E-state index is 0.545. The van der Waals surface area contributed by atoms with Gasteiger partial charge in [0.25, 0.3) is 0 Å². The number of likely N-dealkylation sites (tertiary alicyclic amines) is 1. The van der Waals surface area contributed by atoms with Gasteiger partial charge in [0.2, 0.25) is 0 Å². The lowest BCUT2D eigenvalue weighted by molar-refractivity contribution is 0.0414. The summed E-state index contributed by atoms with van der Waals surface area (Å²) in [5.41, 5.74) is 4.88. The SMILES string of the molecule is Cc1ccc(C(C)N2CCCC3(CCCNC3)C2)c(C)c1. The van der Waals surface area contributed by atoms with Crippen LogP contribution < -0.4 is 5.32 Å².